The molecule has 8 nitrogen and oxygen atoms in total. The van der Waals surface area contributed by atoms with Crippen molar-refractivity contribution in [3.8, 4) is 23.0 Å². The molecule has 0 spiro atoms. The van der Waals surface area contributed by atoms with Crippen molar-refractivity contribution in [2.45, 2.75) is 26.4 Å². The first kappa shape index (κ1) is 16.0. The quantitative estimate of drug-likeness (QED) is 0.679. The highest BCUT2D eigenvalue weighted by Gasteiger charge is 2.21. The number of nitrogens with zero attached hydrogens (tertiary/aromatic N) is 5. The molecule has 0 atom stereocenters. The zero-order valence-corrected chi connectivity index (χ0v) is 13.9. The number of methoxy groups -OCH3 is 1. The number of nitrogens with two attached hydrogens (primary N) is 1. The summed E-state index contributed by atoms with van der Waals surface area (Å²) >= 11 is 0. The second-order valence-electron chi connectivity index (χ2n) is 5.54. The van der Waals surface area contributed by atoms with E-state index in [1.807, 2.05) is 24.6 Å². The number of aliphatic imine (C=N–C) groups is 2. The van der Waals surface area contributed by atoms with E-state index in [1.54, 1.807) is 19.4 Å². The highest BCUT2D eigenvalue weighted by molar-refractivity contribution is 6.01. The van der Waals surface area contributed by atoms with Crippen LogP contribution >= 0.6 is 0 Å². The van der Waals surface area contributed by atoms with E-state index in [0.29, 0.717) is 36.3 Å². The summed E-state index contributed by atoms with van der Waals surface area (Å²) in [7, 11) is 1.57. The predicted molar refractivity (Wildman–Crippen MR) is 91.9 cm³/mol. The Hall–Kier alpha value is -2.90. The zero-order valence-electron chi connectivity index (χ0n) is 13.9. The molecule has 0 amide bonds. The summed E-state index contributed by atoms with van der Waals surface area (Å²) in [5.41, 5.74) is 6.92. The minimum absolute atomic E-state index is 0.0896. The molecule has 0 aliphatic carbocycles. The summed E-state index contributed by atoms with van der Waals surface area (Å²) in [6.45, 7) is 5.15. The van der Waals surface area contributed by atoms with E-state index in [9.17, 15) is 0 Å². The minimum atomic E-state index is 0.0896. The number of hydrogen-bond donors (Lipinski definition) is 1. The first-order valence-corrected chi connectivity index (χ1v) is 7.69. The average Bonchev–Trinajstić information content (AvgIpc) is 2.90. The van der Waals surface area contributed by atoms with Gasteiger partial charge in [0, 0.05) is 24.5 Å². The standard InChI is InChI=1S/C16H20N6O2/c1-10(2)20-15(19-9-17)12-8-22-4-5-24-13-6-14(23-3)18-7-11(13)16(22)21-12/h6-10H,4-5H2,1-3H3,(H2,17,19,20). The highest BCUT2D eigenvalue weighted by Crippen LogP contribution is 2.33. The second-order valence-corrected chi connectivity index (χ2v) is 5.54. The van der Waals surface area contributed by atoms with E-state index in [0.717, 1.165) is 11.4 Å². The van der Waals surface area contributed by atoms with E-state index in [-0.39, 0.29) is 6.04 Å². The van der Waals surface area contributed by atoms with Crippen LogP contribution in [-0.4, -0.2) is 46.5 Å². The molecule has 0 unspecified atom stereocenters. The fourth-order valence-corrected chi connectivity index (χ4v) is 2.46. The lowest BCUT2D eigenvalue weighted by Gasteiger charge is -2.07. The van der Waals surface area contributed by atoms with Gasteiger partial charge in [0.25, 0.3) is 0 Å². The van der Waals surface area contributed by atoms with Crippen LogP contribution in [0.5, 0.6) is 11.6 Å². The maximum atomic E-state index is 5.78. The van der Waals surface area contributed by atoms with Crippen molar-refractivity contribution in [1.82, 2.24) is 14.5 Å². The predicted octanol–water partition coefficient (Wildman–Crippen LogP) is 1.49. The number of imidazole rings is 1. The number of fused-ring (bicyclic) bond motifs is 3. The fourth-order valence-electron chi connectivity index (χ4n) is 2.46. The van der Waals surface area contributed by atoms with Gasteiger partial charge in [0.2, 0.25) is 5.88 Å². The summed E-state index contributed by atoms with van der Waals surface area (Å²) in [6, 6.07) is 1.85. The van der Waals surface area contributed by atoms with Crippen LogP contribution in [0.15, 0.2) is 28.4 Å². The van der Waals surface area contributed by atoms with Gasteiger partial charge >= 0.3 is 0 Å². The van der Waals surface area contributed by atoms with Gasteiger partial charge in [0.15, 0.2) is 5.84 Å². The Kier molecular flexibility index (Phi) is 4.45. The lowest BCUT2D eigenvalue weighted by atomic mass is 10.2. The molecule has 0 saturated heterocycles. The van der Waals surface area contributed by atoms with Gasteiger partial charge in [0.05, 0.1) is 25.6 Å². The number of hydrogen-bond acceptors (Lipinski definition) is 5. The SMILES string of the molecule is COc1cc2c(cn1)-c1nc(C(N=CN)=NC(C)C)cn1CCO2. The summed E-state index contributed by atoms with van der Waals surface area (Å²) in [6.07, 6.45) is 4.84. The van der Waals surface area contributed by atoms with E-state index < -0.39 is 0 Å². The third-order valence-electron chi connectivity index (χ3n) is 3.46. The monoisotopic (exact) mass is 328 g/mol. The van der Waals surface area contributed by atoms with Crippen molar-refractivity contribution >= 4 is 12.2 Å². The molecule has 24 heavy (non-hydrogen) atoms. The Balaban J connectivity index is 2.09. The second kappa shape index (κ2) is 6.69. The van der Waals surface area contributed by atoms with Gasteiger partial charge in [-0.2, -0.15) is 0 Å². The summed E-state index contributed by atoms with van der Waals surface area (Å²) in [5.74, 6) is 2.47. The third-order valence-corrected chi connectivity index (χ3v) is 3.46. The number of pyridine rings is 1. The molecule has 2 aromatic rings. The van der Waals surface area contributed by atoms with Crippen LogP contribution in [0.25, 0.3) is 11.4 Å². The first-order chi connectivity index (χ1) is 11.6. The summed E-state index contributed by atoms with van der Waals surface area (Å²) < 4.78 is 13.0. The Bertz CT molecular complexity index is 794. The fraction of sp³-hybridized carbons (Fsp3) is 0.375. The highest BCUT2D eigenvalue weighted by atomic mass is 16.5. The van der Waals surface area contributed by atoms with E-state index in [1.165, 1.54) is 6.34 Å². The van der Waals surface area contributed by atoms with Gasteiger partial charge in [-0.15, -0.1) is 0 Å². The molecule has 3 rings (SSSR count). The smallest absolute Gasteiger partial charge is 0.216 e. The van der Waals surface area contributed by atoms with Gasteiger partial charge in [0.1, 0.15) is 23.9 Å². The van der Waals surface area contributed by atoms with Crippen LogP contribution in [0.1, 0.15) is 19.5 Å². The molecule has 2 aromatic heterocycles. The van der Waals surface area contributed by atoms with Gasteiger partial charge in [-0.3, -0.25) is 4.99 Å². The Morgan fingerprint density at radius 2 is 2.33 bits per heavy atom. The Morgan fingerprint density at radius 1 is 1.50 bits per heavy atom. The maximum Gasteiger partial charge on any atom is 0.216 e. The van der Waals surface area contributed by atoms with Crippen LogP contribution < -0.4 is 15.2 Å². The van der Waals surface area contributed by atoms with E-state index in [4.69, 9.17) is 15.2 Å². The van der Waals surface area contributed by atoms with Crippen LogP contribution in [0.4, 0.5) is 0 Å². The molecule has 0 bridgehead atoms. The molecule has 126 valence electrons. The molecule has 2 N–H and O–H groups in total. The largest absolute Gasteiger partial charge is 0.491 e. The minimum Gasteiger partial charge on any atom is -0.491 e. The number of ether oxygens (including phenoxy) is 2. The molecule has 8 heteroatoms. The molecule has 0 aromatic carbocycles. The van der Waals surface area contributed by atoms with Crippen molar-refractivity contribution in [1.29, 1.82) is 0 Å². The molecule has 1 aliphatic heterocycles. The van der Waals surface area contributed by atoms with Gasteiger partial charge in [-0.25, -0.2) is 15.0 Å². The van der Waals surface area contributed by atoms with Crippen molar-refractivity contribution in [3.05, 3.63) is 24.2 Å². The van der Waals surface area contributed by atoms with E-state index in [2.05, 4.69) is 20.0 Å². The first-order valence-electron chi connectivity index (χ1n) is 7.69. The molecule has 0 fully saturated rings. The van der Waals surface area contributed by atoms with Crippen molar-refractivity contribution in [2.24, 2.45) is 15.7 Å². The van der Waals surface area contributed by atoms with Crippen LogP contribution in [0.2, 0.25) is 0 Å². The van der Waals surface area contributed by atoms with Gasteiger partial charge < -0.3 is 19.8 Å². The molecular weight excluding hydrogens is 308 g/mol. The van der Waals surface area contributed by atoms with Crippen molar-refractivity contribution < 1.29 is 9.47 Å². The van der Waals surface area contributed by atoms with Gasteiger partial charge in [-0.05, 0) is 13.8 Å². The number of rotatable bonds is 3. The average molecular weight is 328 g/mol. The Morgan fingerprint density at radius 3 is 3.04 bits per heavy atom. The number of aromatic nitrogens is 3. The third kappa shape index (κ3) is 3.08. The Labute approximate surface area is 140 Å². The van der Waals surface area contributed by atoms with Crippen molar-refractivity contribution in [3.63, 3.8) is 0 Å². The lowest BCUT2D eigenvalue weighted by Crippen LogP contribution is -2.07. The van der Waals surface area contributed by atoms with Crippen LogP contribution in [-0.2, 0) is 6.54 Å². The van der Waals surface area contributed by atoms with Crippen LogP contribution in [0, 0.1) is 0 Å². The van der Waals surface area contributed by atoms with Crippen molar-refractivity contribution in [2.75, 3.05) is 13.7 Å². The van der Waals surface area contributed by atoms with E-state index >= 15 is 0 Å². The zero-order chi connectivity index (χ0) is 17.1. The lowest BCUT2D eigenvalue weighted by molar-refractivity contribution is 0.303. The topological polar surface area (TPSA) is 99.9 Å². The molecule has 3 heterocycles. The summed E-state index contributed by atoms with van der Waals surface area (Å²) in [5, 5.41) is 0. The number of amidine groups is 1. The van der Waals surface area contributed by atoms with Crippen LogP contribution in [0.3, 0.4) is 0 Å². The maximum absolute atomic E-state index is 5.78. The summed E-state index contributed by atoms with van der Waals surface area (Å²) in [4.78, 5) is 17.6. The normalized spacial score (nSPS) is 14.2. The molecular formula is C16H20N6O2. The van der Waals surface area contributed by atoms with Gasteiger partial charge in [-0.1, -0.05) is 0 Å². The molecule has 1 aliphatic rings. The molecule has 0 saturated carbocycles. The molecule has 0 radical (unpaired) electrons.